The molecule has 118 valence electrons. The summed E-state index contributed by atoms with van der Waals surface area (Å²) in [5, 5.41) is 0. The highest BCUT2D eigenvalue weighted by molar-refractivity contribution is 6.06. The number of esters is 1. The number of carbonyl (C=O) groups is 3. The van der Waals surface area contributed by atoms with Gasteiger partial charge in [-0.15, -0.1) is 0 Å². The van der Waals surface area contributed by atoms with Gasteiger partial charge in [-0.3, -0.25) is 4.79 Å². The van der Waals surface area contributed by atoms with Gasteiger partial charge in [-0.1, -0.05) is 6.92 Å². The first-order valence-corrected chi connectivity index (χ1v) is 7.09. The van der Waals surface area contributed by atoms with Crippen LogP contribution in [-0.4, -0.2) is 41.6 Å². The van der Waals surface area contributed by atoms with Gasteiger partial charge in [-0.2, -0.15) is 0 Å². The number of ether oxygens (including phenoxy) is 2. The number of rotatable bonds is 2. The quantitative estimate of drug-likeness (QED) is 0.577. The van der Waals surface area contributed by atoms with Gasteiger partial charge in [0.25, 0.3) is 5.91 Å². The van der Waals surface area contributed by atoms with Crippen molar-refractivity contribution >= 4 is 18.0 Å². The number of hydrogen-bond acceptors (Lipinski definition) is 5. The van der Waals surface area contributed by atoms with Crippen LogP contribution >= 0.6 is 0 Å². The molecule has 0 aliphatic carbocycles. The molecule has 1 unspecified atom stereocenters. The second kappa shape index (κ2) is 6.74. The summed E-state index contributed by atoms with van der Waals surface area (Å²) in [6, 6.07) is 0. The van der Waals surface area contributed by atoms with Crippen molar-refractivity contribution in [2.75, 3.05) is 13.2 Å². The molecule has 6 heteroatoms. The average Bonchev–Trinajstić information content (AvgIpc) is 2.32. The first kappa shape index (κ1) is 17.2. The van der Waals surface area contributed by atoms with Crippen molar-refractivity contribution in [2.24, 2.45) is 5.92 Å². The molecule has 6 nitrogen and oxygen atoms in total. The summed E-state index contributed by atoms with van der Waals surface area (Å²) in [7, 11) is 0. The molecule has 1 atom stereocenters. The molecule has 1 heterocycles. The summed E-state index contributed by atoms with van der Waals surface area (Å²) in [4.78, 5) is 36.9. The van der Waals surface area contributed by atoms with E-state index in [2.05, 4.69) is 0 Å². The molecule has 0 bridgehead atoms. The van der Waals surface area contributed by atoms with Gasteiger partial charge in [0.05, 0.1) is 6.61 Å². The van der Waals surface area contributed by atoms with E-state index in [0.717, 1.165) is 4.90 Å². The summed E-state index contributed by atoms with van der Waals surface area (Å²) in [6.07, 6.45) is 1.08. The Morgan fingerprint density at radius 3 is 2.52 bits per heavy atom. The molecular weight excluding hydrogens is 274 g/mol. The van der Waals surface area contributed by atoms with Gasteiger partial charge >= 0.3 is 12.1 Å². The van der Waals surface area contributed by atoms with Crippen LogP contribution in [0.4, 0.5) is 4.79 Å². The molecule has 1 saturated heterocycles. The minimum absolute atomic E-state index is 0.0967. The Balaban J connectivity index is 2.90. The number of piperidine rings is 1. The van der Waals surface area contributed by atoms with Gasteiger partial charge in [-0.25, -0.2) is 14.5 Å². The molecule has 1 fully saturated rings. The molecule has 0 aromatic carbocycles. The Morgan fingerprint density at radius 2 is 2.00 bits per heavy atom. The Labute approximate surface area is 125 Å². The maximum Gasteiger partial charge on any atom is 0.417 e. The predicted octanol–water partition coefficient (Wildman–Crippen LogP) is 2.28. The molecular formula is C15H23NO5. The second-order valence-corrected chi connectivity index (χ2v) is 5.98. The molecule has 0 aromatic rings. The van der Waals surface area contributed by atoms with E-state index >= 15 is 0 Å². The molecule has 0 radical (unpaired) electrons. The maximum atomic E-state index is 12.4. The lowest BCUT2D eigenvalue weighted by Crippen LogP contribution is -2.46. The van der Waals surface area contributed by atoms with Crippen LogP contribution in [0, 0.1) is 5.92 Å². The summed E-state index contributed by atoms with van der Waals surface area (Å²) in [5.74, 6) is -1.16. The van der Waals surface area contributed by atoms with Gasteiger partial charge in [0.1, 0.15) is 5.60 Å². The monoisotopic (exact) mass is 297 g/mol. The number of likely N-dealkylation sites (tertiary alicyclic amines) is 1. The summed E-state index contributed by atoms with van der Waals surface area (Å²) in [5.41, 5.74) is -0.392. The highest BCUT2D eigenvalue weighted by Gasteiger charge is 2.35. The van der Waals surface area contributed by atoms with Crippen molar-refractivity contribution < 1.29 is 23.9 Å². The van der Waals surface area contributed by atoms with Gasteiger partial charge in [-0.05, 0) is 40.0 Å². The highest BCUT2D eigenvalue weighted by Crippen LogP contribution is 2.25. The number of hydrogen-bond donors (Lipinski definition) is 0. The third-order valence-corrected chi connectivity index (χ3v) is 2.98. The first-order valence-electron chi connectivity index (χ1n) is 7.09. The predicted molar refractivity (Wildman–Crippen MR) is 76.4 cm³/mol. The van der Waals surface area contributed by atoms with Crippen LogP contribution < -0.4 is 0 Å². The van der Waals surface area contributed by atoms with Crippen molar-refractivity contribution in [1.82, 2.24) is 4.90 Å². The molecule has 1 rings (SSSR count). The van der Waals surface area contributed by atoms with Crippen molar-refractivity contribution in [3.63, 3.8) is 0 Å². The zero-order valence-electron chi connectivity index (χ0n) is 13.3. The normalized spacial score (nSPS) is 21.4. The van der Waals surface area contributed by atoms with Gasteiger partial charge in [0.15, 0.2) is 0 Å². The van der Waals surface area contributed by atoms with E-state index in [1.807, 2.05) is 6.92 Å². The fourth-order valence-corrected chi connectivity index (χ4v) is 1.95. The summed E-state index contributed by atoms with van der Waals surface area (Å²) in [6.45, 7) is 9.26. The Morgan fingerprint density at radius 1 is 1.38 bits per heavy atom. The SMILES string of the molecule is CCOC(=O)C=C1C(=O)N(C(=O)OC(C)(C)C)CCC1C. The van der Waals surface area contributed by atoms with E-state index in [9.17, 15) is 14.4 Å². The Kier molecular flexibility index (Phi) is 5.52. The minimum Gasteiger partial charge on any atom is -0.463 e. The third kappa shape index (κ3) is 4.88. The minimum atomic E-state index is -0.686. The lowest BCUT2D eigenvalue weighted by molar-refractivity contribution is -0.138. The maximum absolute atomic E-state index is 12.4. The zero-order valence-corrected chi connectivity index (χ0v) is 13.3. The molecule has 0 saturated carbocycles. The average molecular weight is 297 g/mol. The van der Waals surface area contributed by atoms with Crippen molar-refractivity contribution in [3.05, 3.63) is 11.6 Å². The van der Waals surface area contributed by atoms with E-state index in [4.69, 9.17) is 9.47 Å². The fourth-order valence-electron chi connectivity index (χ4n) is 1.95. The number of imide groups is 1. The largest absolute Gasteiger partial charge is 0.463 e. The molecule has 21 heavy (non-hydrogen) atoms. The van der Waals surface area contributed by atoms with Crippen LogP contribution in [0.1, 0.15) is 41.0 Å². The third-order valence-electron chi connectivity index (χ3n) is 2.98. The zero-order chi connectivity index (χ0) is 16.2. The van der Waals surface area contributed by atoms with Crippen molar-refractivity contribution in [1.29, 1.82) is 0 Å². The molecule has 1 aliphatic heterocycles. The van der Waals surface area contributed by atoms with E-state index in [-0.39, 0.29) is 24.6 Å². The van der Waals surface area contributed by atoms with Crippen LogP contribution in [0.5, 0.6) is 0 Å². The topological polar surface area (TPSA) is 72.9 Å². The standard InChI is InChI=1S/C15H23NO5/c1-6-20-12(17)9-11-10(2)7-8-16(13(11)18)14(19)21-15(3,4)5/h9-10H,6-8H2,1-5H3. The molecule has 2 amide bonds. The number of nitrogens with zero attached hydrogens (tertiary/aromatic N) is 1. The van der Waals surface area contributed by atoms with Crippen LogP contribution in [0.3, 0.4) is 0 Å². The Hall–Kier alpha value is -1.85. The fraction of sp³-hybridized carbons (Fsp3) is 0.667. The van der Waals surface area contributed by atoms with E-state index in [0.29, 0.717) is 6.42 Å². The van der Waals surface area contributed by atoms with E-state index in [1.54, 1.807) is 27.7 Å². The second-order valence-electron chi connectivity index (χ2n) is 5.98. The summed E-state index contributed by atoms with van der Waals surface area (Å²) >= 11 is 0. The molecule has 0 aromatic heterocycles. The van der Waals surface area contributed by atoms with Gasteiger partial charge < -0.3 is 9.47 Å². The smallest absolute Gasteiger partial charge is 0.417 e. The first-order chi connectivity index (χ1) is 9.65. The number of carbonyl (C=O) groups excluding carboxylic acids is 3. The van der Waals surface area contributed by atoms with Crippen LogP contribution in [0.2, 0.25) is 0 Å². The molecule has 0 spiro atoms. The van der Waals surface area contributed by atoms with Crippen molar-refractivity contribution in [2.45, 2.75) is 46.6 Å². The van der Waals surface area contributed by atoms with Gasteiger partial charge in [0, 0.05) is 18.2 Å². The van der Waals surface area contributed by atoms with E-state index in [1.165, 1.54) is 6.08 Å². The highest BCUT2D eigenvalue weighted by atomic mass is 16.6. The molecule has 0 N–H and O–H groups in total. The summed E-state index contributed by atoms with van der Waals surface area (Å²) < 4.78 is 10.0. The lowest BCUT2D eigenvalue weighted by atomic mass is 9.92. The lowest BCUT2D eigenvalue weighted by Gasteiger charge is -2.32. The molecule has 1 aliphatic rings. The van der Waals surface area contributed by atoms with Crippen LogP contribution in [-0.2, 0) is 19.1 Å². The van der Waals surface area contributed by atoms with Crippen LogP contribution in [0.15, 0.2) is 11.6 Å². The van der Waals surface area contributed by atoms with E-state index < -0.39 is 23.6 Å². The van der Waals surface area contributed by atoms with Gasteiger partial charge in [0.2, 0.25) is 0 Å². The van der Waals surface area contributed by atoms with Crippen LogP contribution in [0.25, 0.3) is 0 Å². The Bertz CT molecular complexity index is 461. The van der Waals surface area contributed by atoms with Crippen molar-refractivity contribution in [3.8, 4) is 0 Å². The number of amides is 2.